The van der Waals surface area contributed by atoms with Gasteiger partial charge in [0.05, 0.1) is 31.8 Å². The van der Waals surface area contributed by atoms with E-state index in [4.69, 9.17) is 19.4 Å². The van der Waals surface area contributed by atoms with Gasteiger partial charge in [0.25, 0.3) is 0 Å². The molecule has 7 nitrogen and oxygen atoms in total. The van der Waals surface area contributed by atoms with Crippen LogP contribution in [0.15, 0.2) is 0 Å². The van der Waals surface area contributed by atoms with Crippen molar-refractivity contribution in [3.8, 4) is 0 Å². The number of hydrogen-bond acceptors (Lipinski definition) is 8. The van der Waals surface area contributed by atoms with Gasteiger partial charge in [-0.1, -0.05) is 6.92 Å². The number of morpholine rings is 1. The molecule has 2 aromatic rings. The molecule has 8 heteroatoms. The lowest BCUT2D eigenvalue weighted by Gasteiger charge is -2.33. The number of ether oxygens (including phenoxy) is 2. The first kappa shape index (κ1) is 20.5. The number of aryl methyl sites for hydroxylation is 1. The van der Waals surface area contributed by atoms with Crippen LogP contribution in [0.25, 0.3) is 10.2 Å². The van der Waals surface area contributed by atoms with Crippen LogP contribution in [0.5, 0.6) is 0 Å². The highest BCUT2D eigenvalue weighted by Gasteiger charge is 2.26. The first-order valence-electron chi connectivity index (χ1n) is 10.6. The Bertz CT molecular complexity index is 878. The molecular weight excluding hydrogens is 388 g/mol. The van der Waals surface area contributed by atoms with Crippen LogP contribution < -0.4 is 4.90 Å². The lowest BCUT2D eigenvalue weighted by Crippen LogP contribution is -2.37. The maximum atomic E-state index is 12.5. The maximum Gasteiger partial charge on any atom is 0.348 e. The van der Waals surface area contributed by atoms with Crippen molar-refractivity contribution in [3.63, 3.8) is 0 Å². The van der Waals surface area contributed by atoms with Crippen molar-refractivity contribution in [1.82, 2.24) is 14.9 Å². The summed E-state index contributed by atoms with van der Waals surface area (Å²) in [5, 5.41) is 1.01. The molecule has 2 aliphatic heterocycles. The molecular formula is C21H30N4O3S. The molecule has 0 amide bonds. The summed E-state index contributed by atoms with van der Waals surface area (Å²) in [7, 11) is 0. The van der Waals surface area contributed by atoms with Gasteiger partial charge in [0.1, 0.15) is 21.3 Å². The van der Waals surface area contributed by atoms with Gasteiger partial charge in [0.2, 0.25) is 0 Å². The van der Waals surface area contributed by atoms with Crippen LogP contribution in [0.3, 0.4) is 0 Å². The smallest absolute Gasteiger partial charge is 0.348 e. The molecule has 0 N–H and O–H groups in total. The molecule has 0 aromatic carbocycles. The van der Waals surface area contributed by atoms with E-state index >= 15 is 0 Å². The second kappa shape index (κ2) is 8.93. The molecule has 0 bridgehead atoms. The lowest BCUT2D eigenvalue weighted by molar-refractivity contribution is 0.0331. The van der Waals surface area contributed by atoms with E-state index in [0.717, 1.165) is 66.8 Å². The maximum absolute atomic E-state index is 12.5. The fraction of sp³-hybridized carbons (Fsp3) is 0.667. The summed E-state index contributed by atoms with van der Waals surface area (Å²) in [5.74, 6) is 2.18. The number of aromatic nitrogens is 2. The molecule has 2 saturated heterocycles. The van der Waals surface area contributed by atoms with Crippen molar-refractivity contribution >= 4 is 33.3 Å². The van der Waals surface area contributed by atoms with E-state index in [0.29, 0.717) is 23.9 Å². The predicted molar refractivity (Wildman–Crippen MR) is 115 cm³/mol. The van der Waals surface area contributed by atoms with Crippen molar-refractivity contribution in [1.29, 1.82) is 0 Å². The Hall–Kier alpha value is -1.77. The number of hydrogen-bond donors (Lipinski definition) is 0. The minimum absolute atomic E-state index is 0.263. The molecule has 0 spiro atoms. The summed E-state index contributed by atoms with van der Waals surface area (Å²) in [4.78, 5) is 28.6. The Morgan fingerprint density at radius 2 is 2.07 bits per heavy atom. The van der Waals surface area contributed by atoms with Crippen molar-refractivity contribution in [2.24, 2.45) is 5.92 Å². The summed E-state index contributed by atoms with van der Waals surface area (Å²) in [5.41, 5.74) is 0.939. The van der Waals surface area contributed by atoms with Crippen LogP contribution >= 0.6 is 11.3 Å². The van der Waals surface area contributed by atoms with Crippen LogP contribution in [0.4, 0.5) is 5.82 Å². The normalized spacial score (nSPS) is 20.9. The number of esters is 1. The number of piperidine rings is 1. The van der Waals surface area contributed by atoms with Crippen molar-refractivity contribution < 1.29 is 14.3 Å². The van der Waals surface area contributed by atoms with Crippen molar-refractivity contribution in [2.75, 3.05) is 50.9 Å². The van der Waals surface area contributed by atoms with Crippen LogP contribution in [0, 0.1) is 12.8 Å². The zero-order valence-electron chi connectivity index (χ0n) is 17.6. The van der Waals surface area contributed by atoms with Gasteiger partial charge in [-0.3, -0.25) is 4.90 Å². The molecule has 2 aromatic heterocycles. The van der Waals surface area contributed by atoms with Gasteiger partial charge in [0, 0.05) is 26.2 Å². The molecule has 0 unspecified atom stereocenters. The quantitative estimate of drug-likeness (QED) is 0.691. The Morgan fingerprint density at radius 3 is 2.79 bits per heavy atom. The van der Waals surface area contributed by atoms with E-state index in [1.165, 1.54) is 24.2 Å². The number of carbonyl (C=O) groups excluding carboxylic acids is 1. The first-order chi connectivity index (χ1) is 14.1. The van der Waals surface area contributed by atoms with Gasteiger partial charge in [-0.05, 0) is 38.2 Å². The number of anilines is 1. The fourth-order valence-corrected chi connectivity index (χ4v) is 5.28. The molecule has 0 radical (unpaired) electrons. The van der Waals surface area contributed by atoms with Gasteiger partial charge < -0.3 is 14.4 Å². The standard InChI is InChI=1S/C21H30N4O3S/c1-4-28-21(26)18-15(3)17-19(25-7-5-6-14(2)12-25)22-16(23-20(17)29-18)13-24-8-10-27-11-9-24/h14H,4-13H2,1-3H3/t14-/m0/s1. The van der Waals surface area contributed by atoms with Gasteiger partial charge >= 0.3 is 5.97 Å². The molecule has 2 fully saturated rings. The topological polar surface area (TPSA) is 67.8 Å². The summed E-state index contributed by atoms with van der Waals surface area (Å²) in [6.45, 7) is 12.5. The minimum Gasteiger partial charge on any atom is -0.462 e. The van der Waals surface area contributed by atoms with Crippen LogP contribution in [-0.4, -0.2) is 66.8 Å². The second-order valence-corrected chi connectivity index (χ2v) is 9.00. The zero-order chi connectivity index (χ0) is 20.4. The zero-order valence-corrected chi connectivity index (χ0v) is 18.4. The van der Waals surface area contributed by atoms with Gasteiger partial charge in [-0.15, -0.1) is 11.3 Å². The summed E-state index contributed by atoms with van der Waals surface area (Å²) >= 11 is 1.43. The van der Waals surface area contributed by atoms with Crippen LogP contribution in [0.2, 0.25) is 0 Å². The first-order valence-corrected chi connectivity index (χ1v) is 11.4. The lowest BCUT2D eigenvalue weighted by atomic mass is 10.00. The number of rotatable bonds is 5. The number of nitrogens with zero attached hydrogens (tertiary/aromatic N) is 4. The molecule has 0 saturated carbocycles. The van der Waals surface area contributed by atoms with Crippen LogP contribution in [-0.2, 0) is 16.0 Å². The third-order valence-electron chi connectivity index (χ3n) is 5.70. The Kier molecular flexibility index (Phi) is 6.32. The van der Waals surface area contributed by atoms with E-state index in [1.807, 2.05) is 13.8 Å². The monoisotopic (exact) mass is 418 g/mol. The molecule has 158 valence electrons. The molecule has 1 atom stereocenters. The van der Waals surface area contributed by atoms with E-state index in [1.54, 1.807) is 0 Å². The fourth-order valence-electron chi connectivity index (χ4n) is 4.19. The number of thiophene rings is 1. The molecule has 0 aliphatic carbocycles. The molecule has 4 heterocycles. The van der Waals surface area contributed by atoms with E-state index in [2.05, 4.69) is 16.7 Å². The number of carbonyl (C=O) groups is 1. The Morgan fingerprint density at radius 1 is 1.28 bits per heavy atom. The van der Waals surface area contributed by atoms with Gasteiger partial charge in [-0.25, -0.2) is 14.8 Å². The second-order valence-electron chi connectivity index (χ2n) is 8.00. The highest BCUT2D eigenvalue weighted by Crippen LogP contribution is 2.37. The van der Waals surface area contributed by atoms with E-state index < -0.39 is 0 Å². The number of fused-ring (bicyclic) bond motifs is 1. The molecule has 29 heavy (non-hydrogen) atoms. The van der Waals surface area contributed by atoms with Crippen molar-refractivity contribution in [3.05, 3.63) is 16.3 Å². The third-order valence-corrected chi connectivity index (χ3v) is 6.87. The third kappa shape index (κ3) is 4.39. The average molecular weight is 419 g/mol. The van der Waals surface area contributed by atoms with Gasteiger partial charge in [0.15, 0.2) is 0 Å². The Labute approximate surface area is 176 Å². The predicted octanol–water partition coefficient (Wildman–Crippen LogP) is 3.24. The highest BCUT2D eigenvalue weighted by molar-refractivity contribution is 7.20. The summed E-state index contributed by atoms with van der Waals surface area (Å²) in [6.07, 6.45) is 2.42. The summed E-state index contributed by atoms with van der Waals surface area (Å²) < 4.78 is 10.7. The van der Waals surface area contributed by atoms with Gasteiger partial charge in [-0.2, -0.15) is 0 Å². The van der Waals surface area contributed by atoms with Crippen LogP contribution in [0.1, 0.15) is 47.7 Å². The van der Waals surface area contributed by atoms with Crippen molar-refractivity contribution in [2.45, 2.75) is 40.2 Å². The van der Waals surface area contributed by atoms with E-state index in [9.17, 15) is 4.79 Å². The summed E-state index contributed by atoms with van der Waals surface area (Å²) in [6, 6.07) is 0. The molecule has 2 aliphatic rings. The largest absolute Gasteiger partial charge is 0.462 e. The highest BCUT2D eigenvalue weighted by atomic mass is 32.1. The Balaban J connectivity index is 1.76. The van der Waals surface area contributed by atoms with E-state index in [-0.39, 0.29) is 5.97 Å². The average Bonchev–Trinajstić information content (AvgIpc) is 3.05. The minimum atomic E-state index is -0.263. The SMILES string of the molecule is CCOC(=O)c1sc2nc(CN3CCOCC3)nc(N3CCC[C@H](C)C3)c2c1C. The molecule has 4 rings (SSSR count).